The van der Waals surface area contributed by atoms with Crippen LogP contribution in [0.1, 0.15) is 40.5 Å². The Balaban J connectivity index is 4.88. The molecule has 0 aromatic carbocycles. The first kappa shape index (κ1) is 26.3. The van der Waals surface area contributed by atoms with Gasteiger partial charge in [0.15, 0.2) is 0 Å². The highest BCUT2D eigenvalue weighted by Gasteiger charge is 2.26. The van der Waals surface area contributed by atoms with Gasteiger partial charge in [-0.3, -0.25) is 9.59 Å². The number of hydrogen-bond acceptors (Lipinski definition) is 4. The fourth-order valence-electron chi connectivity index (χ4n) is 1.55. The van der Waals surface area contributed by atoms with Crippen LogP contribution in [0.4, 0.5) is 0 Å². The number of carboxylic acids is 1. The van der Waals surface area contributed by atoms with Gasteiger partial charge in [0.05, 0.1) is 0 Å². The first-order valence-corrected chi connectivity index (χ1v) is 8.83. The minimum atomic E-state index is -1.14. The predicted octanol–water partition coefficient (Wildman–Crippen LogP) is 0.721. The Morgan fingerprint density at radius 2 is 1.29 bits per heavy atom. The van der Waals surface area contributed by atoms with E-state index in [0.717, 1.165) is 0 Å². The van der Waals surface area contributed by atoms with Crippen LogP contribution < -0.4 is 5.32 Å². The number of carbonyl (C=O) groups is 3. The molecule has 0 aliphatic rings. The molecule has 2 N–H and O–H groups in total. The number of hydrogen-bond donors (Lipinski definition) is 2. The van der Waals surface area contributed by atoms with Crippen LogP contribution in [0.3, 0.4) is 0 Å². The summed E-state index contributed by atoms with van der Waals surface area (Å²) in [5.41, 5.74) is -0.787. The molecular formula is C25H19NO5. The normalized spacial score (nSPS) is 8.77. The van der Waals surface area contributed by atoms with Gasteiger partial charge in [-0.15, -0.1) is 0 Å². The van der Waals surface area contributed by atoms with Crippen molar-refractivity contribution in [2.45, 2.75) is 52.2 Å². The van der Waals surface area contributed by atoms with Crippen LogP contribution in [-0.4, -0.2) is 34.6 Å². The molecule has 0 heterocycles. The Bertz CT molecular complexity index is 1140. The fraction of sp³-hybridized carbons (Fsp3) is 0.320. The number of carbonyl (C=O) groups excluding carboxylic acids is 2. The lowest BCUT2D eigenvalue weighted by molar-refractivity contribution is -0.158. The molecule has 6 nitrogen and oxygen atoms in total. The molecule has 0 rings (SSSR count). The number of rotatable bonds is 5. The smallest absolute Gasteiger partial charge is 0.329 e. The molecular weight excluding hydrogens is 394 g/mol. The summed E-state index contributed by atoms with van der Waals surface area (Å²) < 4.78 is 5.18. The van der Waals surface area contributed by atoms with Crippen LogP contribution in [0, 0.1) is 82.9 Å². The molecule has 1 amide bonds. The number of carboxylic acid groups (broad SMARTS) is 1. The van der Waals surface area contributed by atoms with Gasteiger partial charge in [0.1, 0.15) is 11.6 Å². The van der Waals surface area contributed by atoms with Gasteiger partial charge in [0, 0.05) is 12.3 Å². The summed E-state index contributed by atoms with van der Waals surface area (Å²) >= 11 is 0. The summed E-state index contributed by atoms with van der Waals surface area (Å²) in [6.07, 6.45) is -0.453. The third-order valence-electron chi connectivity index (χ3n) is 2.63. The van der Waals surface area contributed by atoms with Gasteiger partial charge in [-0.25, -0.2) is 4.79 Å². The summed E-state index contributed by atoms with van der Waals surface area (Å²) in [6, 6.07) is -1.14. The minimum absolute atomic E-state index is 0.131. The van der Waals surface area contributed by atoms with E-state index in [1.54, 1.807) is 27.7 Å². The molecule has 6 heteroatoms. The molecule has 0 aromatic heterocycles. The molecule has 0 spiro atoms. The van der Waals surface area contributed by atoms with Crippen LogP contribution in [0.2, 0.25) is 0 Å². The van der Waals surface area contributed by atoms with Crippen LogP contribution >= 0.6 is 0 Å². The number of amides is 1. The lowest BCUT2D eigenvalue weighted by atomic mass is 10.1. The fourth-order valence-corrected chi connectivity index (χ4v) is 1.55. The maximum absolute atomic E-state index is 12.1. The molecule has 1 atom stereocenters. The topological polar surface area (TPSA) is 92.7 Å². The van der Waals surface area contributed by atoms with E-state index in [0.29, 0.717) is 0 Å². The molecule has 0 bridgehead atoms. The average Bonchev–Trinajstić information content (AvgIpc) is 2.67. The molecule has 0 saturated heterocycles. The second-order valence-electron chi connectivity index (χ2n) is 6.37. The first-order valence-electron chi connectivity index (χ1n) is 8.83. The van der Waals surface area contributed by atoms with Gasteiger partial charge in [0.2, 0.25) is 0 Å². The number of nitrogens with one attached hydrogen (secondary N) is 1. The summed E-state index contributed by atoms with van der Waals surface area (Å²) in [5, 5.41) is 11.1. The second-order valence-corrected chi connectivity index (χ2v) is 6.37. The molecule has 0 saturated carbocycles. The van der Waals surface area contributed by atoms with E-state index in [2.05, 4.69) is 88.2 Å². The highest BCUT2D eigenvalue weighted by atomic mass is 16.6. The maximum atomic E-state index is 12.1. The summed E-state index contributed by atoms with van der Waals surface area (Å²) in [5.74, 6) is 31.3. The van der Waals surface area contributed by atoms with Gasteiger partial charge in [0.25, 0.3) is 5.91 Å². The Kier molecular flexibility index (Phi) is 13.0. The zero-order valence-electron chi connectivity index (χ0n) is 17.6. The lowest BCUT2D eigenvalue weighted by Crippen LogP contribution is -2.44. The molecule has 31 heavy (non-hydrogen) atoms. The van der Waals surface area contributed by atoms with Gasteiger partial charge in [-0.05, 0) is 105 Å². The maximum Gasteiger partial charge on any atom is 0.329 e. The van der Waals surface area contributed by atoms with Crippen molar-refractivity contribution in [3.8, 4) is 82.9 Å². The van der Waals surface area contributed by atoms with Crippen LogP contribution in [0.25, 0.3) is 0 Å². The molecule has 0 aliphatic heterocycles. The predicted molar refractivity (Wildman–Crippen MR) is 115 cm³/mol. The van der Waals surface area contributed by atoms with Crippen LogP contribution in [0.15, 0.2) is 0 Å². The van der Waals surface area contributed by atoms with Gasteiger partial charge in [-0.1, -0.05) is 5.92 Å². The van der Waals surface area contributed by atoms with Crippen molar-refractivity contribution in [1.29, 1.82) is 0 Å². The van der Waals surface area contributed by atoms with Crippen molar-refractivity contribution in [1.82, 2.24) is 5.32 Å². The highest BCUT2D eigenvalue weighted by molar-refractivity contribution is 5.96. The van der Waals surface area contributed by atoms with Crippen molar-refractivity contribution in [3.05, 3.63) is 0 Å². The second kappa shape index (κ2) is 15.3. The van der Waals surface area contributed by atoms with E-state index in [4.69, 9.17) is 9.84 Å². The van der Waals surface area contributed by atoms with Crippen molar-refractivity contribution < 1.29 is 24.2 Å². The van der Waals surface area contributed by atoms with Crippen molar-refractivity contribution >= 4 is 17.8 Å². The van der Waals surface area contributed by atoms with Gasteiger partial charge in [-0.2, -0.15) is 0 Å². The van der Waals surface area contributed by atoms with Crippen LogP contribution in [-0.2, 0) is 19.1 Å². The molecule has 0 aromatic rings. The van der Waals surface area contributed by atoms with E-state index in [1.165, 1.54) is 0 Å². The van der Waals surface area contributed by atoms with Crippen molar-refractivity contribution in [3.63, 3.8) is 0 Å². The molecule has 154 valence electrons. The Morgan fingerprint density at radius 1 is 0.839 bits per heavy atom. The summed E-state index contributed by atoms with van der Waals surface area (Å²) in [4.78, 5) is 34.8. The first-order chi connectivity index (χ1) is 14.7. The lowest BCUT2D eigenvalue weighted by Gasteiger charge is -2.23. The zero-order chi connectivity index (χ0) is 23.5. The van der Waals surface area contributed by atoms with Crippen molar-refractivity contribution in [2.24, 2.45) is 0 Å². The Labute approximate surface area is 182 Å². The Hall–Kier alpha value is -4.67. The summed E-state index contributed by atoms with van der Waals surface area (Å²) in [7, 11) is 0. The zero-order valence-corrected chi connectivity index (χ0v) is 17.6. The van der Waals surface area contributed by atoms with Crippen LogP contribution in [0.5, 0.6) is 0 Å². The number of esters is 1. The molecule has 0 aliphatic carbocycles. The molecule has 0 fully saturated rings. The minimum Gasteiger partial charge on any atom is -0.481 e. The summed E-state index contributed by atoms with van der Waals surface area (Å²) in [6.45, 7) is 6.64. The third-order valence-corrected chi connectivity index (χ3v) is 2.63. The molecule has 0 unspecified atom stereocenters. The third kappa shape index (κ3) is 17.2. The monoisotopic (exact) mass is 413 g/mol. The number of ether oxygens (including phenoxy) is 1. The van der Waals surface area contributed by atoms with E-state index in [9.17, 15) is 14.4 Å². The SMILES string of the molecule is CC#CC#CC#CC#CC#CC#CC#CC(=O)N[C@@H](CCC(=O)O)C(=O)OC(C)(C)C. The average molecular weight is 413 g/mol. The highest BCUT2D eigenvalue weighted by Crippen LogP contribution is 2.10. The van der Waals surface area contributed by atoms with Gasteiger partial charge >= 0.3 is 11.9 Å². The quantitative estimate of drug-likeness (QED) is 0.512. The Morgan fingerprint density at radius 3 is 1.71 bits per heavy atom. The van der Waals surface area contributed by atoms with Gasteiger partial charge < -0.3 is 15.2 Å². The molecule has 0 radical (unpaired) electrons. The van der Waals surface area contributed by atoms with E-state index in [1.807, 2.05) is 0 Å². The standard InChI is InChI=1S/C25H19NO5/c1-5-6-7-8-9-10-11-12-13-14-15-16-17-18-22(27)26-21(19-20-23(28)29)24(30)31-25(2,3)4/h21H,19-20H2,1-4H3,(H,26,27)(H,28,29)/t21-/m0/s1. The largest absolute Gasteiger partial charge is 0.481 e. The van der Waals surface area contributed by atoms with E-state index in [-0.39, 0.29) is 12.8 Å². The number of aliphatic carboxylic acids is 1. The van der Waals surface area contributed by atoms with E-state index >= 15 is 0 Å². The van der Waals surface area contributed by atoms with E-state index < -0.39 is 29.5 Å². The van der Waals surface area contributed by atoms with Crippen molar-refractivity contribution in [2.75, 3.05) is 0 Å².